The molecule has 0 aliphatic carbocycles. The summed E-state index contributed by atoms with van der Waals surface area (Å²) < 4.78 is 31.5. The van der Waals surface area contributed by atoms with Crippen LogP contribution in [0.2, 0.25) is 0 Å². The van der Waals surface area contributed by atoms with Crippen LogP contribution in [0.1, 0.15) is 0 Å². The molecule has 0 unspecified atom stereocenters. The van der Waals surface area contributed by atoms with Crippen LogP contribution in [0.15, 0.2) is 23.1 Å². The minimum Gasteiger partial charge on any atom is -0.744 e. The molecule has 0 radical (unpaired) electrons. The molecule has 0 saturated carbocycles. The first-order valence-electron chi connectivity index (χ1n) is 3.02. The summed E-state index contributed by atoms with van der Waals surface area (Å²) in [4.78, 5) is -0.434. The number of nitrogen functional groups attached to an aromatic ring is 2. The van der Waals surface area contributed by atoms with Crippen molar-refractivity contribution < 1.29 is 42.5 Å². The molecule has 0 atom stereocenters. The van der Waals surface area contributed by atoms with Crippen molar-refractivity contribution in [1.29, 1.82) is 0 Å². The molecule has 1 rings (SSSR count). The van der Waals surface area contributed by atoms with Crippen molar-refractivity contribution in [2.24, 2.45) is 0 Å². The van der Waals surface area contributed by atoms with Gasteiger partial charge in [-0.2, -0.15) is 0 Å². The van der Waals surface area contributed by atoms with Gasteiger partial charge < -0.3 is 16.0 Å². The predicted molar refractivity (Wildman–Crippen MR) is 43.2 cm³/mol. The second-order valence-electron chi connectivity index (χ2n) is 2.25. The normalized spacial score (nSPS) is 10.5. The second-order valence-corrected chi connectivity index (χ2v) is 3.60. The van der Waals surface area contributed by atoms with E-state index in [9.17, 15) is 13.0 Å². The van der Waals surface area contributed by atoms with Crippen LogP contribution in [-0.2, 0) is 10.1 Å². The van der Waals surface area contributed by atoms with E-state index in [2.05, 4.69) is 0 Å². The van der Waals surface area contributed by atoms with Gasteiger partial charge in [-0.15, -0.1) is 0 Å². The van der Waals surface area contributed by atoms with Crippen molar-refractivity contribution in [1.82, 2.24) is 0 Å². The quantitative estimate of drug-likeness (QED) is 0.287. The Hall–Kier alpha value is -0.270. The fraction of sp³-hybridized carbons (Fsp3) is 0. The largest absolute Gasteiger partial charge is 1.00 e. The monoisotopic (exact) mass is 210 g/mol. The van der Waals surface area contributed by atoms with Gasteiger partial charge in [-0.1, -0.05) is 0 Å². The zero-order chi connectivity index (χ0) is 9.35. The molecule has 0 bridgehead atoms. The van der Waals surface area contributed by atoms with Gasteiger partial charge in [0.1, 0.15) is 10.1 Å². The topological polar surface area (TPSA) is 109 Å². The summed E-state index contributed by atoms with van der Waals surface area (Å²) in [6.07, 6.45) is 0. The van der Waals surface area contributed by atoms with Gasteiger partial charge in [-0.05, 0) is 18.2 Å². The van der Waals surface area contributed by atoms with E-state index < -0.39 is 15.0 Å². The molecule has 0 saturated heterocycles. The summed E-state index contributed by atoms with van der Waals surface area (Å²) >= 11 is 0. The molecule has 0 aliphatic heterocycles. The van der Waals surface area contributed by atoms with E-state index in [4.69, 9.17) is 11.5 Å². The summed E-state index contributed by atoms with van der Waals surface area (Å²) in [7, 11) is -4.48. The van der Waals surface area contributed by atoms with Crippen molar-refractivity contribution in [2.75, 3.05) is 11.5 Å². The van der Waals surface area contributed by atoms with Crippen LogP contribution in [0.4, 0.5) is 11.4 Å². The van der Waals surface area contributed by atoms with Crippen molar-refractivity contribution in [3.63, 3.8) is 0 Å². The molecule has 7 heteroatoms. The molecular formula is C6H7N2NaO3S. The van der Waals surface area contributed by atoms with Crippen molar-refractivity contribution in [3.05, 3.63) is 18.2 Å². The summed E-state index contributed by atoms with van der Waals surface area (Å²) in [5.74, 6) is 0. The maximum Gasteiger partial charge on any atom is 1.00 e. The molecule has 0 spiro atoms. The van der Waals surface area contributed by atoms with E-state index in [1.54, 1.807) is 0 Å². The van der Waals surface area contributed by atoms with Gasteiger partial charge in [0.05, 0.1) is 10.6 Å². The minimum absolute atomic E-state index is 0. The van der Waals surface area contributed by atoms with Crippen molar-refractivity contribution >= 4 is 21.5 Å². The Morgan fingerprint density at radius 3 is 2.15 bits per heavy atom. The van der Waals surface area contributed by atoms with Gasteiger partial charge in [0, 0.05) is 5.69 Å². The van der Waals surface area contributed by atoms with E-state index >= 15 is 0 Å². The summed E-state index contributed by atoms with van der Waals surface area (Å²) in [5.41, 5.74) is 10.7. The molecule has 0 fully saturated rings. The number of hydrogen-bond donors (Lipinski definition) is 2. The summed E-state index contributed by atoms with van der Waals surface area (Å²) in [5, 5.41) is 0. The van der Waals surface area contributed by atoms with E-state index in [0.29, 0.717) is 5.69 Å². The van der Waals surface area contributed by atoms with Gasteiger partial charge in [0.2, 0.25) is 0 Å². The molecule has 1 aromatic rings. The third-order valence-corrected chi connectivity index (χ3v) is 2.21. The van der Waals surface area contributed by atoms with Crippen LogP contribution in [0.5, 0.6) is 0 Å². The molecule has 1 aromatic carbocycles. The molecule has 5 nitrogen and oxygen atoms in total. The Balaban J connectivity index is 0.00000144. The smallest absolute Gasteiger partial charge is 0.744 e. The molecular weight excluding hydrogens is 203 g/mol. The van der Waals surface area contributed by atoms with E-state index in [1.807, 2.05) is 0 Å². The zero-order valence-corrected chi connectivity index (χ0v) is 9.84. The first-order chi connectivity index (χ1) is 5.41. The van der Waals surface area contributed by atoms with Crippen LogP contribution < -0.4 is 41.0 Å². The molecule has 0 amide bonds. The molecule has 0 heterocycles. The molecule has 66 valence electrons. The third kappa shape index (κ3) is 3.17. The van der Waals surface area contributed by atoms with Crippen molar-refractivity contribution in [2.45, 2.75) is 4.90 Å². The number of hydrogen-bond acceptors (Lipinski definition) is 5. The first-order valence-corrected chi connectivity index (χ1v) is 4.43. The Kier molecular flexibility index (Phi) is 4.21. The number of benzene rings is 1. The van der Waals surface area contributed by atoms with Gasteiger partial charge in [-0.25, -0.2) is 8.42 Å². The first kappa shape index (κ1) is 12.7. The van der Waals surface area contributed by atoms with E-state index in [1.165, 1.54) is 12.1 Å². The molecule has 4 N–H and O–H groups in total. The summed E-state index contributed by atoms with van der Waals surface area (Å²) in [6.45, 7) is 0. The van der Waals surface area contributed by atoms with Gasteiger partial charge in [0.25, 0.3) is 0 Å². The van der Waals surface area contributed by atoms with E-state index in [-0.39, 0.29) is 35.2 Å². The standard InChI is InChI=1S/C6H8N2O3S.Na/c7-4-1-2-6(5(8)3-4)12(9,10)11;/h1-3H,7-8H2,(H,9,10,11);/q;+1/p-1. The van der Waals surface area contributed by atoms with Crippen LogP contribution in [0.25, 0.3) is 0 Å². The van der Waals surface area contributed by atoms with Crippen LogP contribution in [0, 0.1) is 0 Å². The average molecular weight is 210 g/mol. The zero-order valence-electron chi connectivity index (χ0n) is 7.02. The maximum absolute atomic E-state index is 10.5. The SMILES string of the molecule is Nc1ccc(S(=O)(=O)[O-])c(N)c1.[Na+]. The third-order valence-electron chi connectivity index (χ3n) is 1.30. The fourth-order valence-corrected chi connectivity index (χ4v) is 1.38. The van der Waals surface area contributed by atoms with Gasteiger partial charge in [0.15, 0.2) is 0 Å². The van der Waals surface area contributed by atoms with Gasteiger partial charge >= 0.3 is 29.6 Å². The molecule has 0 aromatic heterocycles. The Bertz CT molecular complexity index is 404. The average Bonchev–Trinajstić information content (AvgIpc) is 1.83. The van der Waals surface area contributed by atoms with Crippen LogP contribution >= 0.6 is 0 Å². The second kappa shape index (κ2) is 4.30. The Morgan fingerprint density at radius 1 is 1.23 bits per heavy atom. The molecule has 13 heavy (non-hydrogen) atoms. The van der Waals surface area contributed by atoms with Gasteiger partial charge in [-0.3, -0.25) is 0 Å². The maximum atomic E-state index is 10.5. The van der Waals surface area contributed by atoms with Crippen molar-refractivity contribution in [3.8, 4) is 0 Å². The predicted octanol–water partition coefficient (Wildman–Crippen LogP) is -3.24. The van der Waals surface area contributed by atoms with Crippen LogP contribution in [-0.4, -0.2) is 13.0 Å². The number of rotatable bonds is 1. The van der Waals surface area contributed by atoms with Crippen LogP contribution in [0.3, 0.4) is 0 Å². The Morgan fingerprint density at radius 2 is 1.77 bits per heavy atom. The fourth-order valence-electron chi connectivity index (χ4n) is 0.795. The Labute approximate surface area is 98.2 Å². The number of anilines is 2. The minimum atomic E-state index is -4.48. The molecule has 0 aliphatic rings. The van der Waals surface area contributed by atoms with E-state index in [0.717, 1.165) is 6.07 Å². The summed E-state index contributed by atoms with van der Waals surface area (Å²) in [6, 6.07) is 3.62. The number of nitrogens with two attached hydrogens (primary N) is 2.